The van der Waals surface area contributed by atoms with E-state index in [1.54, 1.807) is 12.4 Å². The number of alkyl halides is 3. The summed E-state index contributed by atoms with van der Waals surface area (Å²) >= 11 is 0. The fourth-order valence-corrected chi connectivity index (χ4v) is 9.19. The molecule has 6 aromatic heterocycles. The third kappa shape index (κ3) is 5.63. The van der Waals surface area contributed by atoms with Gasteiger partial charge in [-0.05, 0) is 127 Å². The summed E-state index contributed by atoms with van der Waals surface area (Å²) in [5, 5.41) is 0. The number of pyridine rings is 4. The molecule has 54 heavy (non-hydrogen) atoms. The lowest BCUT2D eigenvalue weighted by Gasteiger charge is -2.22. The predicted octanol–water partition coefficient (Wildman–Crippen LogP) is 12.2. The molecule has 2 saturated carbocycles. The number of hydrogen-bond donors (Lipinski definition) is 0. The molecule has 0 aliphatic heterocycles. The van der Waals surface area contributed by atoms with E-state index in [4.69, 9.17) is 15.0 Å². The van der Waals surface area contributed by atoms with Crippen LogP contribution in [0.25, 0.3) is 66.6 Å². The third-order valence-electron chi connectivity index (χ3n) is 11.9. The van der Waals surface area contributed by atoms with E-state index in [2.05, 4.69) is 21.7 Å². The highest BCUT2D eigenvalue weighted by molar-refractivity contribution is 6.06. The van der Waals surface area contributed by atoms with Crippen LogP contribution in [0.2, 0.25) is 0 Å². The molecule has 0 unspecified atom stereocenters. The standard InChI is InChI=1S/C45H39F3N6/c46-45(47,48)34-20-31(22-36(25-34)54-38-17-9-19-50-42(38)44-40(54)24-33(27-52-44)29-12-5-2-6-13-29)30-14-7-15-35(21-30)53-37-16-8-18-49-41(37)43-39(53)23-32(26-51-43)28-10-3-1-4-11-28/h7-9,14-29H,1-6,10-13H2. The second-order valence-electron chi connectivity index (χ2n) is 15.2. The Morgan fingerprint density at radius 2 is 1.00 bits per heavy atom. The van der Waals surface area contributed by atoms with Crippen molar-refractivity contribution >= 4 is 44.1 Å². The van der Waals surface area contributed by atoms with E-state index in [0.29, 0.717) is 39.7 Å². The Morgan fingerprint density at radius 1 is 0.481 bits per heavy atom. The van der Waals surface area contributed by atoms with Crippen LogP contribution in [-0.4, -0.2) is 29.1 Å². The van der Waals surface area contributed by atoms with Crippen molar-refractivity contribution in [3.63, 3.8) is 0 Å². The highest BCUT2D eigenvalue weighted by Crippen LogP contribution is 2.41. The first-order valence-corrected chi connectivity index (χ1v) is 19.2. The highest BCUT2D eigenvalue weighted by Gasteiger charge is 2.32. The van der Waals surface area contributed by atoms with E-state index in [-0.39, 0.29) is 0 Å². The van der Waals surface area contributed by atoms with Crippen molar-refractivity contribution in [2.75, 3.05) is 0 Å². The summed E-state index contributed by atoms with van der Waals surface area (Å²) in [5.41, 5.74) is 10.4. The summed E-state index contributed by atoms with van der Waals surface area (Å²) in [6.45, 7) is 0. The molecule has 6 heterocycles. The van der Waals surface area contributed by atoms with Gasteiger partial charge in [0.1, 0.15) is 22.1 Å². The summed E-state index contributed by atoms with van der Waals surface area (Å²) in [4.78, 5) is 19.2. The van der Waals surface area contributed by atoms with E-state index in [9.17, 15) is 13.2 Å². The van der Waals surface area contributed by atoms with Crippen LogP contribution in [0.5, 0.6) is 0 Å². The number of rotatable bonds is 5. The summed E-state index contributed by atoms with van der Waals surface area (Å²) in [5.74, 6) is 0.856. The molecule has 0 N–H and O–H groups in total. The molecular weight excluding hydrogens is 682 g/mol. The van der Waals surface area contributed by atoms with Crippen molar-refractivity contribution in [2.45, 2.75) is 82.2 Å². The average Bonchev–Trinajstić information content (AvgIpc) is 3.73. The first-order valence-electron chi connectivity index (χ1n) is 19.2. The highest BCUT2D eigenvalue weighted by atomic mass is 19.4. The molecule has 6 nitrogen and oxygen atoms in total. The number of benzene rings is 2. The Kier molecular flexibility index (Phi) is 8.00. The molecule has 2 aliphatic carbocycles. The fourth-order valence-electron chi connectivity index (χ4n) is 9.19. The van der Waals surface area contributed by atoms with Crippen LogP contribution in [0.1, 0.15) is 92.7 Å². The van der Waals surface area contributed by atoms with Gasteiger partial charge in [0.15, 0.2) is 0 Å². The molecule has 0 amide bonds. The SMILES string of the molecule is FC(F)(F)c1cc(-c2cccc(-n3c4cccnc4c4ncc(C5CCCCC5)cc43)c2)cc(-n2c3cccnc3c3ncc(C4CCCCC4)cc32)c1. The lowest BCUT2D eigenvalue weighted by Crippen LogP contribution is -2.08. The molecule has 9 heteroatoms. The van der Waals surface area contributed by atoms with Gasteiger partial charge in [-0.3, -0.25) is 19.9 Å². The van der Waals surface area contributed by atoms with Crippen LogP contribution in [0.3, 0.4) is 0 Å². The van der Waals surface area contributed by atoms with Crippen LogP contribution in [0.15, 0.2) is 104 Å². The normalized spacial score (nSPS) is 16.3. The van der Waals surface area contributed by atoms with Crippen molar-refractivity contribution in [3.8, 4) is 22.5 Å². The largest absolute Gasteiger partial charge is 0.416 e. The Hall–Kier alpha value is -5.57. The maximum absolute atomic E-state index is 14.8. The molecule has 8 aromatic rings. The summed E-state index contributed by atoms with van der Waals surface area (Å²) < 4.78 is 48.6. The summed E-state index contributed by atoms with van der Waals surface area (Å²) in [7, 11) is 0. The number of halogens is 3. The lowest BCUT2D eigenvalue weighted by atomic mass is 9.85. The maximum atomic E-state index is 14.8. The minimum Gasteiger partial charge on any atom is -0.306 e. The fraction of sp³-hybridized carbons (Fsp3) is 0.289. The van der Waals surface area contributed by atoms with Crippen molar-refractivity contribution in [1.82, 2.24) is 29.1 Å². The van der Waals surface area contributed by atoms with E-state index >= 15 is 0 Å². The molecule has 2 aromatic carbocycles. The van der Waals surface area contributed by atoms with E-state index in [0.717, 1.165) is 70.0 Å². The number of hydrogen-bond acceptors (Lipinski definition) is 4. The van der Waals surface area contributed by atoms with Gasteiger partial charge >= 0.3 is 6.18 Å². The molecule has 270 valence electrons. The Bertz CT molecular complexity index is 2700. The van der Waals surface area contributed by atoms with Gasteiger partial charge in [0, 0.05) is 36.2 Å². The summed E-state index contributed by atoms with van der Waals surface area (Å²) in [6.07, 6.45) is 14.7. The van der Waals surface area contributed by atoms with E-state index < -0.39 is 11.7 Å². The van der Waals surface area contributed by atoms with Crippen LogP contribution >= 0.6 is 0 Å². The quantitative estimate of drug-likeness (QED) is 0.178. The zero-order valence-corrected chi connectivity index (χ0v) is 29.9. The van der Waals surface area contributed by atoms with Crippen LogP contribution < -0.4 is 0 Å². The van der Waals surface area contributed by atoms with Gasteiger partial charge in [-0.1, -0.05) is 50.7 Å². The number of aromatic nitrogens is 6. The zero-order chi connectivity index (χ0) is 36.4. The van der Waals surface area contributed by atoms with Crippen molar-refractivity contribution in [3.05, 3.63) is 120 Å². The van der Waals surface area contributed by atoms with E-state index in [1.165, 1.54) is 56.2 Å². The van der Waals surface area contributed by atoms with Gasteiger partial charge in [0.2, 0.25) is 0 Å². The van der Waals surface area contributed by atoms with Crippen molar-refractivity contribution in [2.24, 2.45) is 0 Å². The van der Waals surface area contributed by atoms with Crippen LogP contribution in [0, 0.1) is 0 Å². The maximum Gasteiger partial charge on any atom is 0.416 e. The molecule has 2 fully saturated rings. The molecule has 0 bridgehead atoms. The Morgan fingerprint density at radius 3 is 1.56 bits per heavy atom. The molecule has 0 radical (unpaired) electrons. The van der Waals surface area contributed by atoms with Gasteiger partial charge in [-0.25, -0.2) is 0 Å². The first kappa shape index (κ1) is 33.0. The predicted molar refractivity (Wildman–Crippen MR) is 208 cm³/mol. The van der Waals surface area contributed by atoms with Crippen LogP contribution in [0.4, 0.5) is 13.2 Å². The molecule has 0 saturated heterocycles. The minimum absolute atomic E-state index is 0.389. The van der Waals surface area contributed by atoms with E-state index in [1.807, 2.05) is 71.6 Å². The molecule has 2 aliphatic rings. The topological polar surface area (TPSA) is 61.4 Å². The van der Waals surface area contributed by atoms with Gasteiger partial charge < -0.3 is 9.13 Å². The molecule has 10 rings (SSSR count). The number of nitrogens with zero attached hydrogens (tertiary/aromatic N) is 6. The second-order valence-corrected chi connectivity index (χ2v) is 15.2. The zero-order valence-electron chi connectivity index (χ0n) is 29.9. The monoisotopic (exact) mass is 720 g/mol. The lowest BCUT2D eigenvalue weighted by molar-refractivity contribution is -0.137. The third-order valence-corrected chi connectivity index (χ3v) is 11.9. The molecular formula is C45H39F3N6. The van der Waals surface area contributed by atoms with Crippen LogP contribution in [-0.2, 0) is 6.18 Å². The van der Waals surface area contributed by atoms with Gasteiger partial charge in [0.05, 0.1) is 27.6 Å². The average molecular weight is 721 g/mol. The molecule has 0 atom stereocenters. The first-order chi connectivity index (χ1) is 26.4. The Labute approximate surface area is 310 Å². The van der Waals surface area contributed by atoms with Crippen molar-refractivity contribution in [1.29, 1.82) is 0 Å². The van der Waals surface area contributed by atoms with Crippen molar-refractivity contribution < 1.29 is 13.2 Å². The molecule has 0 spiro atoms. The Balaban J connectivity index is 1.15. The van der Waals surface area contributed by atoms with Gasteiger partial charge in [-0.15, -0.1) is 0 Å². The smallest absolute Gasteiger partial charge is 0.306 e. The van der Waals surface area contributed by atoms with Gasteiger partial charge in [0.25, 0.3) is 0 Å². The second kappa shape index (κ2) is 13.1. The summed E-state index contributed by atoms with van der Waals surface area (Å²) in [6, 6.07) is 24.2. The number of fused-ring (bicyclic) bond motifs is 6. The van der Waals surface area contributed by atoms with Gasteiger partial charge in [-0.2, -0.15) is 13.2 Å². The minimum atomic E-state index is -4.56.